The largest absolute Gasteiger partial charge is 0.461 e. The lowest BCUT2D eigenvalue weighted by atomic mass is 9.79. The molecule has 72 valence electrons. The average Bonchev–Trinajstić information content (AvgIpc) is 2.37. The van der Waals surface area contributed by atoms with Crippen LogP contribution in [-0.2, 0) is 14.3 Å². The molecular formula is C8H10INO3. The number of alkyl halides is 1. The average molecular weight is 295 g/mol. The molecule has 5 heteroatoms. The Morgan fingerprint density at radius 3 is 2.85 bits per heavy atom. The van der Waals surface area contributed by atoms with E-state index < -0.39 is 0 Å². The van der Waals surface area contributed by atoms with Crippen molar-refractivity contribution in [2.45, 2.75) is 22.9 Å². The quantitative estimate of drug-likeness (QED) is 0.427. The van der Waals surface area contributed by atoms with Gasteiger partial charge in [-0.2, -0.15) is 0 Å². The van der Waals surface area contributed by atoms with Crippen molar-refractivity contribution in [3.05, 3.63) is 0 Å². The van der Waals surface area contributed by atoms with E-state index in [-0.39, 0.29) is 33.7 Å². The molecule has 1 heterocycles. The maximum absolute atomic E-state index is 11.3. The summed E-state index contributed by atoms with van der Waals surface area (Å²) < 4.78 is 5.36. The molecule has 1 saturated heterocycles. The summed E-state index contributed by atoms with van der Waals surface area (Å²) in [4.78, 5) is 22.3. The summed E-state index contributed by atoms with van der Waals surface area (Å²) in [5.74, 6) is -1.20. The zero-order valence-corrected chi connectivity index (χ0v) is 9.06. The van der Waals surface area contributed by atoms with E-state index in [0.29, 0.717) is 12.8 Å². The first kappa shape index (κ1) is 9.23. The van der Waals surface area contributed by atoms with Crippen molar-refractivity contribution in [3.8, 4) is 0 Å². The Morgan fingerprint density at radius 1 is 1.54 bits per heavy atom. The van der Waals surface area contributed by atoms with Crippen LogP contribution in [-0.4, -0.2) is 21.9 Å². The highest BCUT2D eigenvalue weighted by atomic mass is 127. The Hall–Kier alpha value is -0.330. The fraction of sp³-hybridized carbons (Fsp3) is 0.750. The molecular weight excluding hydrogens is 285 g/mol. The molecule has 2 aliphatic rings. The van der Waals surface area contributed by atoms with E-state index in [4.69, 9.17) is 10.5 Å². The molecule has 4 nitrogen and oxygen atoms in total. The maximum Gasteiger partial charge on any atom is 0.310 e. The van der Waals surface area contributed by atoms with Crippen LogP contribution in [0.15, 0.2) is 0 Å². The van der Waals surface area contributed by atoms with Crippen molar-refractivity contribution in [1.82, 2.24) is 0 Å². The van der Waals surface area contributed by atoms with Crippen molar-refractivity contribution in [1.29, 1.82) is 0 Å². The van der Waals surface area contributed by atoms with Crippen LogP contribution in [0, 0.1) is 11.8 Å². The summed E-state index contributed by atoms with van der Waals surface area (Å²) in [6.07, 6.45) is 1.35. The van der Waals surface area contributed by atoms with Gasteiger partial charge in [-0.1, -0.05) is 22.6 Å². The topological polar surface area (TPSA) is 69.4 Å². The molecule has 0 aromatic rings. The third kappa shape index (κ3) is 1.43. The second-order valence-electron chi connectivity index (χ2n) is 3.58. The van der Waals surface area contributed by atoms with Gasteiger partial charge in [-0.3, -0.25) is 9.59 Å². The Kier molecular flexibility index (Phi) is 2.21. The number of hydrogen-bond acceptors (Lipinski definition) is 3. The van der Waals surface area contributed by atoms with Crippen LogP contribution in [0.25, 0.3) is 0 Å². The number of carbonyl (C=O) groups excluding carboxylic acids is 2. The molecule has 0 aromatic carbocycles. The molecule has 0 spiro atoms. The lowest BCUT2D eigenvalue weighted by molar-refractivity contribution is -0.145. The first-order valence-corrected chi connectivity index (χ1v) is 5.48. The molecule has 2 bridgehead atoms. The van der Waals surface area contributed by atoms with Gasteiger partial charge in [0.25, 0.3) is 0 Å². The number of hydrogen-bond donors (Lipinski definition) is 1. The minimum Gasteiger partial charge on any atom is -0.461 e. The van der Waals surface area contributed by atoms with Gasteiger partial charge in [0.1, 0.15) is 6.10 Å². The standard InChI is InChI=1S/C8H10INO3/c9-5-1-3(7(10)11)4-2-6(5)13-8(4)12/h3-6H,1-2H2,(H2,10,11)/t3-,4-,5+,6-/m1/s1. The SMILES string of the molecule is NC(=O)[C@@H]1C[C@H](I)[C@H]2C[C@H]1C(=O)O2. The third-order valence-corrected chi connectivity index (χ3v) is 4.10. The lowest BCUT2D eigenvalue weighted by Gasteiger charge is -2.26. The van der Waals surface area contributed by atoms with Crippen LogP contribution in [0.1, 0.15) is 12.8 Å². The van der Waals surface area contributed by atoms with Crippen LogP contribution in [0.4, 0.5) is 0 Å². The minimum atomic E-state index is -0.371. The van der Waals surface area contributed by atoms with E-state index in [1.165, 1.54) is 0 Å². The van der Waals surface area contributed by atoms with E-state index in [0.717, 1.165) is 0 Å². The van der Waals surface area contributed by atoms with Crippen LogP contribution in [0.3, 0.4) is 0 Å². The minimum absolute atomic E-state index is 0.00806. The van der Waals surface area contributed by atoms with E-state index in [9.17, 15) is 9.59 Å². The van der Waals surface area contributed by atoms with Gasteiger partial charge >= 0.3 is 5.97 Å². The number of halogens is 1. The highest BCUT2D eigenvalue weighted by molar-refractivity contribution is 14.1. The Labute approximate surface area is 89.3 Å². The highest BCUT2D eigenvalue weighted by Crippen LogP contribution is 2.41. The molecule has 1 amide bonds. The molecule has 4 atom stereocenters. The number of ether oxygens (including phenoxy) is 1. The maximum atomic E-state index is 11.3. The summed E-state index contributed by atoms with van der Waals surface area (Å²) in [7, 11) is 0. The summed E-state index contributed by atoms with van der Waals surface area (Å²) in [6, 6.07) is 0. The summed E-state index contributed by atoms with van der Waals surface area (Å²) in [5, 5.41) is 0. The fourth-order valence-electron chi connectivity index (χ4n) is 2.05. The van der Waals surface area contributed by atoms with Crippen molar-refractivity contribution >= 4 is 34.5 Å². The van der Waals surface area contributed by atoms with Gasteiger partial charge in [0, 0.05) is 3.92 Å². The van der Waals surface area contributed by atoms with Gasteiger partial charge in [-0.15, -0.1) is 0 Å². The fourth-order valence-corrected chi connectivity index (χ4v) is 3.04. The summed E-state index contributed by atoms with van der Waals surface area (Å²) >= 11 is 2.22. The van der Waals surface area contributed by atoms with Gasteiger partial charge in [-0.25, -0.2) is 0 Å². The molecule has 2 fully saturated rings. The molecule has 1 aliphatic heterocycles. The van der Waals surface area contributed by atoms with E-state index >= 15 is 0 Å². The van der Waals surface area contributed by atoms with Crippen LogP contribution in [0.5, 0.6) is 0 Å². The molecule has 0 aromatic heterocycles. The number of nitrogens with two attached hydrogens (primary N) is 1. The second kappa shape index (κ2) is 3.11. The van der Waals surface area contributed by atoms with Gasteiger partial charge in [-0.05, 0) is 12.8 Å². The predicted molar refractivity (Wildman–Crippen MR) is 53.1 cm³/mol. The molecule has 0 radical (unpaired) electrons. The monoisotopic (exact) mass is 295 g/mol. The van der Waals surface area contributed by atoms with Crippen LogP contribution < -0.4 is 5.73 Å². The number of esters is 1. The van der Waals surface area contributed by atoms with E-state index in [2.05, 4.69) is 22.6 Å². The van der Waals surface area contributed by atoms with E-state index in [1.54, 1.807) is 0 Å². The molecule has 1 aliphatic carbocycles. The summed E-state index contributed by atoms with van der Waals surface area (Å²) in [6.45, 7) is 0. The van der Waals surface area contributed by atoms with Crippen molar-refractivity contribution in [2.75, 3.05) is 0 Å². The van der Waals surface area contributed by atoms with Crippen molar-refractivity contribution in [3.63, 3.8) is 0 Å². The van der Waals surface area contributed by atoms with Crippen molar-refractivity contribution < 1.29 is 14.3 Å². The Morgan fingerprint density at radius 2 is 2.23 bits per heavy atom. The number of fused-ring (bicyclic) bond motifs is 2. The van der Waals surface area contributed by atoms with Gasteiger partial charge in [0.15, 0.2) is 0 Å². The number of rotatable bonds is 1. The molecule has 2 rings (SSSR count). The van der Waals surface area contributed by atoms with Crippen LogP contribution >= 0.6 is 22.6 Å². The van der Waals surface area contributed by atoms with Gasteiger partial charge in [0.2, 0.25) is 5.91 Å². The zero-order valence-electron chi connectivity index (χ0n) is 6.90. The number of amides is 1. The first-order valence-electron chi connectivity index (χ1n) is 4.23. The Bertz CT molecular complexity index is 268. The van der Waals surface area contributed by atoms with Crippen molar-refractivity contribution in [2.24, 2.45) is 17.6 Å². The number of primary amides is 1. The smallest absolute Gasteiger partial charge is 0.310 e. The molecule has 1 saturated carbocycles. The normalized spacial score (nSPS) is 43.0. The zero-order chi connectivity index (χ0) is 9.59. The molecule has 2 N–H and O–H groups in total. The predicted octanol–water partition coefficient (Wildman–Crippen LogP) is 0.227. The highest BCUT2D eigenvalue weighted by Gasteiger charge is 2.49. The van der Waals surface area contributed by atoms with Gasteiger partial charge < -0.3 is 10.5 Å². The molecule has 0 unspecified atom stereocenters. The third-order valence-electron chi connectivity index (χ3n) is 2.79. The Balaban J connectivity index is 2.22. The first-order chi connectivity index (χ1) is 6.09. The second-order valence-corrected chi connectivity index (χ2v) is 5.18. The number of carbonyl (C=O) groups is 2. The van der Waals surface area contributed by atoms with Gasteiger partial charge in [0.05, 0.1) is 11.8 Å². The molecule has 13 heavy (non-hydrogen) atoms. The lowest BCUT2D eigenvalue weighted by Crippen LogP contribution is -2.38. The van der Waals surface area contributed by atoms with E-state index in [1.807, 2.05) is 0 Å². The van der Waals surface area contributed by atoms with Crippen LogP contribution in [0.2, 0.25) is 0 Å². The summed E-state index contributed by atoms with van der Waals surface area (Å²) in [5.41, 5.74) is 5.23.